The van der Waals surface area contributed by atoms with Crippen molar-refractivity contribution < 1.29 is 13.5 Å². The molecular formula is C12H16F2N2O. The molecule has 0 aliphatic carbocycles. The molecule has 0 saturated heterocycles. The van der Waals surface area contributed by atoms with Crippen LogP contribution in [0.15, 0.2) is 31.0 Å². The molecule has 0 saturated carbocycles. The van der Waals surface area contributed by atoms with Crippen LogP contribution in [0.5, 0.6) is 0 Å². The number of aryl methyl sites for hydroxylation is 1. The molecule has 1 N–H and O–H groups in total. The zero-order chi connectivity index (χ0) is 12.9. The van der Waals surface area contributed by atoms with Gasteiger partial charge in [-0.1, -0.05) is 6.58 Å². The zero-order valence-corrected chi connectivity index (χ0v) is 9.91. The summed E-state index contributed by atoms with van der Waals surface area (Å²) in [6.45, 7) is 5.13. The number of ether oxygens (including phenoxy) is 1. The van der Waals surface area contributed by atoms with Crippen LogP contribution >= 0.6 is 0 Å². The van der Waals surface area contributed by atoms with E-state index >= 15 is 0 Å². The third kappa shape index (κ3) is 4.20. The first-order valence-electron chi connectivity index (χ1n) is 5.25. The second kappa shape index (κ2) is 5.84. The minimum Gasteiger partial charge on any atom is -0.317 e. The van der Waals surface area contributed by atoms with Gasteiger partial charge in [-0.3, -0.25) is 4.98 Å². The predicted octanol–water partition coefficient (Wildman–Crippen LogP) is 2.45. The van der Waals surface area contributed by atoms with Crippen molar-refractivity contribution in [3.05, 3.63) is 42.2 Å². The number of nitrogens with one attached hydrogen (secondary N) is 1. The van der Waals surface area contributed by atoms with Gasteiger partial charge in [-0.25, -0.2) is 0 Å². The van der Waals surface area contributed by atoms with Crippen LogP contribution in [0.2, 0.25) is 0 Å². The van der Waals surface area contributed by atoms with Crippen LogP contribution in [0, 0.1) is 6.92 Å². The molecule has 0 bridgehead atoms. The number of hydrogen-bond donors (Lipinski definition) is 1. The van der Waals surface area contributed by atoms with Crippen molar-refractivity contribution in [1.29, 1.82) is 0 Å². The van der Waals surface area contributed by atoms with Gasteiger partial charge in [0.2, 0.25) is 0 Å². The van der Waals surface area contributed by atoms with Gasteiger partial charge in [0, 0.05) is 24.5 Å². The second-order valence-corrected chi connectivity index (χ2v) is 3.66. The summed E-state index contributed by atoms with van der Waals surface area (Å²) in [5.41, 5.74) is 1.42. The molecule has 0 aliphatic rings. The molecule has 0 aliphatic heterocycles. The Morgan fingerprint density at radius 2 is 2.35 bits per heavy atom. The van der Waals surface area contributed by atoms with Gasteiger partial charge in [-0.2, -0.15) is 8.78 Å². The quantitative estimate of drug-likeness (QED) is 0.778. The Morgan fingerprint density at radius 3 is 2.88 bits per heavy atom. The molecule has 1 rings (SSSR count). The molecule has 0 amide bonds. The number of alkyl halides is 2. The fourth-order valence-corrected chi connectivity index (χ4v) is 1.42. The number of halogens is 2. The highest BCUT2D eigenvalue weighted by atomic mass is 19.3. The molecule has 0 fully saturated rings. The summed E-state index contributed by atoms with van der Waals surface area (Å²) in [5, 5.41) is 2.82. The second-order valence-electron chi connectivity index (χ2n) is 3.66. The standard InChI is InChI=1S/C12H16F2N2O/c1-4-12(13,14)17-11(8-15-3)10-5-6-16-9(2)7-10/h4-7,11,15H,1,8H2,2-3H3. The van der Waals surface area contributed by atoms with Gasteiger partial charge >= 0.3 is 6.11 Å². The van der Waals surface area contributed by atoms with Gasteiger partial charge < -0.3 is 10.1 Å². The Morgan fingerprint density at radius 1 is 1.65 bits per heavy atom. The van der Waals surface area contributed by atoms with Crippen molar-refractivity contribution in [2.24, 2.45) is 0 Å². The highest BCUT2D eigenvalue weighted by Crippen LogP contribution is 2.27. The van der Waals surface area contributed by atoms with E-state index in [4.69, 9.17) is 4.74 Å². The molecule has 1 aromatic heterocycles. The number of aromatic nitrogens is 1. The van der Waals surface area contributed by atoms with E-state index in [1.807, 2.05) is 0 Å². The van der Waals surface area contributed by atoms with Crippen LogP contribution in [0.4, 0.5) is 8.78 Å². The van der Waals surface area contributed by atoms with E-state index in [9.17, 15) is 8.78 Å². The van der Waals surface area contributed by atoms with Crippen molar-refractivity contribution in [1.82, 2.24) is 10.3 Å². The van der Waals surface area contributed by atoms with E-state index < -0.39 is 12.2 Å². The topological polar surface area (TPSA) is 34.1 Å². The lowest BCUT2D eigenvalue weighted by molar-refractivity contribution is -0.228. The Hall–Kier alpha value is -1.33. The molecule has 0 spiro atoms. The van der Waals surface area contributed by atoms with E-state index in [0.717, 1.165) is 5.69 Å². The SMILES string of the molecule is C=CC(F)(F)OC(CNC)c1ccnc(C)c1. The summed E-state index contributed by atoms with van der Waals surface area (Å²) >= 11 is 0. The molecular weight excluding hydrogens is 226 g/mol. The number of pyridine rings is 1. The average molecular weight is 242 g/mol. The Balaban J connectivity index is 2.89. The maximum Gasteiger partial charge on any atom is 0.376 e. The first-order valence-corrected chi connectivity index (χ1v) is 5.25. The average Bonchev–Trinajstić information content (AvgIpc) is 2.28. The van der Waals surface area contributed by atoms with E-state index in [-0.39, 0.29) is 6.54 Å². The van der Waals surface area contributed by atoms with Gasteiger partial charge in [-0.15, -0.1) is 0 Å². The van der Waals surface area contributed by atoms with Crippen LogP contribution in [-0.2, 0) is 4.74 Å². The van der Waals surface area contributed by atoms with Gasteiger partial charge in [0.05, 0.1) is 0 Å². The van der Waals surface area contributed by atoms with Crippen molar-refractivity contribution in [2.45, 2.75) is 19.1 Å². The minimum atomic E-state index is -3.33. The van der Waals surface area contributed by atoms with E-state index in [2.05, 4.69) is 16.9 Å². The van der Waals surface area contributed by atoms with Crippen LogP contribution < -0.4 is 5.32 Å². The number of rotatable bonds is 6. The number of nitrogens with zero attached hydrogens (tertiary/aromatic N) is 1. The lowest BCUT2D eigenvalue weighted by atomic mass is 10.1. The van der Waals surface area contributed by atoms with Crippen molar-refractivity contribution >= 4 is 0 Å². The first kappa shape index (κ1) is 13.7. The first-order chi connectivity index (χ1) is 7.98. The van der Waals surface area contributed by atoms with Crippen LogP contribution in [0.1, 0.15) is 17.4 Å². The Bertz CT molecular complexity index is 383. The minimum absolute atomic E-state index is 0.285. The number of likely N-dealkylation sites (N-methyl/N-ethyl adjacent to an activating group) is 1. The highest BCUT2D eigenvalue weighted by Gasteiger charge is 2.30. The number of hydrogen-bond acceptors (Lipinski definition) is 3. The normalized spacial score (nSPS) is 13.4. The van der Waals surface area contributed by atoms with Crippen LogP contribution in [-0.4, -0.2) is 24.7 Å². The molecule has 1 aromatic rings. The largest absolute Gasteiger partial charge is 0.376 e. The maximum absolute atomic E-state index is 13.1. The summed E-state index contributed by atoms with van der Waals surface area (Å²) in [4.78, 5) is 4.02. The van der Waals surface area contributed by atoms with E-state index in [1.54, 1.807) is 32.3 Å². The third-order valence-corrected chi connectivity index (χ3v) is 2.22. The highest BCUT2D eigenvalue weighted by molar-refractivity contribution is 5.18. The smallest absolute Gasteiger partial charge is 0.317 e. The molecule has 94 valence electrons. The van der Waals surface area contributed by atoms with Gasteiger partial charge in [0.1, 0.15) is 6.10 Å². The van der Waals surface area contributed by atoms with Gasteiger partial charge in [0.25, 0.3) is 0 Å². The van der Waals surface area contributed by atoms with Gasteiger partial charge in [-0.05, 0) is 31.7 Å². The molecule has 0 aromatic carbocycles. The van der Waals surface area contributed by atoms with Crippen molar-refractivity contribution in [2.75, 3.05) is 13.6 Å². The summed E-state index contributed by atoms with van der Waals surface area (Å²) < 4.78 is 31.0. The summed E-state index contributed by atoms with van der Waals surface area (Å²) in [6, 6.07) is 3.38. The summed E-state index contributed by atoms with van der Waals surface area (Å²) in [6.07, 6.45) is -2.01. The van der Waals surface area contributed by atoms with Crippen LogP contribution in [0.25, 0.3) is 0 Å². The Labute approximate surface area is 99.5 Å². The van der Waals surface area contributed by atoms with Crippen molar-refractivity contribution in [3.63, 3.8) is 0 Å². The fraction of sp³-hybridized carbons (Fsp3) is 0.417. The third-order valence-electron chi connectivity index (χ3n) is 2.22. The van der Waals surface area contributed by atoms with Gasteiger partial charge in [0.15, 0.2) is 0 Å². The molecule has 0 radical (unpaired) electrons. The Kier molecular flexibility index (Phi) is 4.72. The fourth-order valence-electron chi connectivity index (χ4n) is 1.42. The molecule has 1 unspecified atom stereocenters. The molecule has 1 atom stereocenters. The van der Waals surface area contributed by atoms with Crippen LogP contribution in [0.3, 0.4) is 0 Å². The molecule has 3 nitrogen and oxygen atoms in total. The summed E-state index contributed by atoms with van der Waals surface area (Å²) in [5.74, 6) is 0. The molecule has 5 heteroatoms. The van der Waals surface area contributed by atoms with Crippen molar-refractivity contribution in [3.8, 4) is 0 Å². The monoisotopic (exact) mass is 242 g/mol. The maximum atomic E-state index is 13.1. The zero-order valence-electron chi connectivity index (χ0n) is 9.91. The van der Waals surface area contributed by atoms with E-state index in [0.29, 0.717) is 11.6 Å². The predicted molar refractivity (Wildman–Crippen MR) is 61.9 cm³/mol. The molecule has 17 heavy (non-hydrogen) atoms. The lowest BCUT2D eigenvalue weighted by Crippen LogP contribution is -2.27. The van der Waals surface area contributed by atoms with E-state index in [1.165, 1.54) is 0 Å². The molecule has 1 heterocycles. The summed E-state index contributed by atoms with van der Waals surface area (Å²) in [7, 11) is 1.68. The lowest BCUT2D eigenvalue weighted by Gasteiger charge is -2.22.